The van der Waals surface area contributed by atoms with E-state index in [1.165, 1.54) is 48.5 Å². The number of hydrogen-bond donors (Lipinski definition) is 1. The van der Waals surface area contributed by atoms with E-state index in [1.54, 1.807) is 13.0 Å². The van der Waals surface area contributed by atoms with Crippen LogP contribution in [0.1, 0.15) is 29.0 Å². The van der Waals surface area contributed by atoms with Gasteiger partial charge < -0.3 is 15.1 Å². The number of amides is 1. The third kappa shape index (κ3) is 5.09. The summed E-state index contributed by atoms with van der Waals surface area (Å²) in [6.45, 7) is 5.18. The molecule has 4 rings (SSSR count). The largest absolute Gasteiger partial charge is 0.369 e. The van der Waals surface area contributed by atoms with E-state index < -0.39 is 23.3 Å². The molecule has 1 N–H and O–H groups in total. The summed E-state index contributed by atoms with van der Waals surface area (Å²) in [7, 11) is 2.06. The lowest BCUT2D eigenvalue weighted by atomic mass is 10.0. The first-order chi connectivity index (χ1) is 15.8. The molecule has 172 valence electrons. The topological polar surface area (TPSA) is 70.5 Å². The van der Waals surface area contributed by atoms with Gasteiger partial charge in [0.25, 0.3) is 11.5 Å². The second kappa shape index (κ2) is 9.50. The average molecular weight is 453 g/mol. The van der Waals surface area contributed by atoms with Crippen LogP contribution >= 0.6 is 0 Å². The molecule has 0 bridgehead atoms. The van der Waals surface area contributed by atoms with Crippen LogP contribution in [-0.2, 0) is 0 Å². The molecule has 1 aliphatic heterocycles. The highest BCUT2D eigenvalue weighted by molar-refractivity contribution is 5.92. The lowest BCUT2D eigenvalue weighted by Gasteiger charge is -2.36. The van der Waals surface area contributed by atoms with Gasteiger partial charge in [-0.3, -0.25) is 9.59 Å². The van der Waals surface area contributed by atoms with Gasteiger partial charge in [0, 0.05) is 43.5 Å². The Morgan fingerprint density at radius 3 is 2.33 bits per heavy atom. The van der Waals surface area contributed by atoms with Crippen LogP contribution in [0, 0.1) is 11.6 Å². The molecule has 1 unspecified atom stereocenters. The van der Waals surface area contributed by atoms with Crippen LogP contribution in [0.4, 0.5) is 14.5 Å². The lowest BCUT2D eigenvalue weighted by Crippen LogP contribution is -2.45. The summed E-state index contributed by atoms with van der Waals surface area (Å²) >= 11 is 0. The number of rotatable bonds is 5. The van der Waals surface area contributed by atoms with E-state index in [-0.39, 0.29) is 11.5 Å². The average Bonchev–Trinajstić information content (AvgIpc) is 2.80. The quantitative estimate of drug-likeness (QED) is 0.644. The number of hydrogen-bond acceptors (Lipinski definition) is 5. The predicted octanol–water partition coefficient (Wildman–Crippen LogP) is 2.75. The highest BCUT2D eigenvalue weighted by Crippen LogP contribution is 2.28. The zero-order valence-electron chi connectivity index (χ0n) is 18.5. The van der Waals surface area contributed by atoms with Gasteiger partial charge in [-0.2, -0.15) is 9.78 Å². The third-order valence-electron chi connectivity index (χ3n) is 5.75. The zero-order chi connectivity index (χ0) is 23.5. The zero-order valence-corrected chi connectivity index (χ0v) is 18.5. The van der Waals surface area contributed by atoms with Crippen LogP contribution < -0.4 is 15.8 Å². The molecule has 0 spiro atoms. The van der Waals surface area contributed by atoms with Gasteiger partial charge in [-0.05, 0) is 62.5 Å². The van der Waals surface area contributed by atoms with Crippen molar-refractivity contribution >= 4 is 11.6 Å². The van der Waals surface area contributed by atoms with E-state index in [2.05, 4.69) is 27.3 Å². The summed E-state index contributed by atoms with van der Waals surface area (Å²) in [5, 5.41) is 6.99. The number of nitrogens with zero attached hydrogens (tertiary/aromatic N) is 4. The van der Waals surface area contributed by atoms with Gasteiger partial charge in [-0.15, -0.1) is 0 Å². The smallest absolute Gasteiger partial charge is 0.272 e. The molecule has 0 aliphatic carbocycles. The molecule has 1 atom stereocenters. The molecule has 1 amide bonds. The Bertz CT molecular complexity index is 1200. The van der Waals surface area contributed by atoms with Gasteiger partial charge >= 0.3 is 0 Å². The van der Waals surface area contributed by atoms with Crippen LogP contribution in [0.2, 0.25) is 0 Å². The van der Waals surface area contributed by atoms with Crippen LogP contribution in [0.25, 0.3) is 5.69 Å². The molecule has 7 nitrogen and oxygen atoms in total. The first-order valence-corrected chi connectivity index (χ1v) is 10.7. The van der Waals surface area contributed by atoms with Crippen molar-refractivity contribution in [2.45, 2.75) is 13.0 Å². The fourth-order valence-corrected chi connectivity index (χ4v) is 3.86. The maximum Gasteiger partial charge on any atom is 0.272 e. The molecule has 2 heterocycles. The fourth-order valence-electron chi connectivity index (χ4n) is 3.86. The van der Waals surface area contributed by atoms with Crippen molar-refractivity contribution in [3.05, 3.63) is 87.8 Å². The Morgan fingerprint density at radius 2 is 1.64 bits per heavy atom. The van der Waals surface area contributed by atoms with E-state index >= 15 is 0 Å². The fraction of sp³-hybridized carbons (Fsp3) is 0.292. The van der Waals surface area contributed by atoms with Crippen LogP contribution in [-0.4, -0.2) is 53.8 Å². The molecule has 3 aromatic rings. The Hall–Kier alpha value is -3.59. The van der Waals surface area contributed by atoms with Gasteiger partial charge in [0.1, 0.15) is 17.3 Å². The van der Waals surface area contributed by atoms with E-state index in [9.17, 15) is 18.4 Å². The Kier molecular flexibility index (Phi) is 6.50. The molecular formula is C24H25F2N5O2. The number of carbonyl (C=O) groups excluding carboxylic acids is 1. The maximum absolute atomic E-state index is 14.1. The summed E-state index contributed by atoms with van der Waals surface area (Å²) < 4.78 is 28.4. The van der Waals surface area contributed by atoms with Crippen molar-refractivity contribution in [3.63, 3.8) is 0 Å². The minimum absolute atomic E-state index is 0.0170. The third-order valence-corrected chi connectivity index (χ3v) is 5.75. The molecule has 1 fully saturated rings. The second-order valence-corrected chi connectivity index (χ2v) is 8.13. The maximum atomic E-state index is 14.1. The predicted molar refractivity (Wildman–Crippen MR) is 122 cm³/mol. The van der Waals surface area contributed by atoms with E-state index in [0.717, 1.165) is 36.5 Å². The molecule has 1 aliphatic rings. The van der Waals surface area contributed by atoms with Gasteiger partial charge in [0.15, 0.2) is 0 Å². The molecule has 0 radical (unpaired) electrons. The minimum atomic E-state index is -0.507. The van der Waals surface area contributed by atoms with Crippen LogP contribution in [0.15, 0.2) is 59.4 Å². The molecule has 0 saturated carbocycles. The lowest BCUT2D eigenvalue weighted by molar-refractivity contribution is 0.0933. The van der Waals surface area contributed by atoms with Gasteiger partial charge in [-0.1, -0.05) is 0 Å². The molecule has 9 heteroatoms. The second-order valence-electron chi connectivity index (χ2n) is 8.13. The Balaban J connectivity index is 1.57. The highest BCUT2D eigenvalue weighted by Gasteiger charge is 2.22. The first-order valence-electron chi connectivity index (χ1n) is 10.7. The summed E-state index contributed by atoms with van der Waals surface area (Å²) in [5.41, 5.74) is 1.45. The van der Waals surface area contributed by atoms with E-state index in [1.807, 2.05) is 0 Å². The van der Waals surface area contributed by atoms with Gasteiger partial charge in [0.05, 0.1) is 11.7 Å². The summed E-state index contributed by atoms with van der Waals surface area (Å²) in [4.78, 5) is 29.6. The minimum Gasteiger partial charge on any atom is -0.369 e. The van der Waals surface area contributed by atoms with Crippen molar-refractivity contribution in [1.29, 1.82) is 0 Å². The Morgan fingerprint density at radius 1 is 0.970 bits per heavy atom. The number of aromatic nitrogens is 2. The van der Waals surface area contributed by atoms with Crippen molar-refractivity contribution in [3.8, 4) is 5.69 Å². The number of carbonyl (C=O) groups is 1. The van der Waals surface area contributed by atoms with Crippen molar-refractivity contribution in [2.75, 3.05) is 38.1 Å². The van der Waals surface area contributed by atoms with Gasteiger partial charge in [0.2, 0.25) is 0 Å². The SMILES string of the molecule is CC(NC(=O)c1ccc(=O)n(-c2ccc(F)cc2)n1)c1cc(F)ccc1N1CCN(C)CC1. The number of anilines is 1. The van der Waals surface area contributed by atoms with Crippen LogP contribution in [0.5, 0.6) is 0 Å². The number of halogens is 2. The molecule has 1 aromatic heterocycles. The first kappa shape index (κ1) is 22.6. The standard InChI is InChI=1S/C24H25F2N5O2/c1-16(20-15-18(26)5-9-22(20)30-13-11-29(2)12-14-30)27-24(33)21-8-10-23(32)31(28-21)19-6-3-17(25)4-7-19/h3-10,15-16H,11-14H2,1-2H3,(H,27,33). The highest BCUT2D eigenvalue weighted by atomic mass is 19.1. The number of benzene rings is 2. The summed E-state index contributed by atoms with van der Waals surface area (Å²) in [6, 6.07) is 11.9. The normalized spacial score (nSPS) is 15.3. The van der Waals surface area contributed by atoms with E-state index in [0.29, 0.717) is 11.3 Å². The van der Waals surface area contributed by atoms with Crippen LogP contribution in [0.3, 0.4) is 0 Å². The number of likely N-dealkylation sites (N-methyl/N-ethyl adjacent to an activating group) is 1. The number of nitrogens with one attached hydrogen (secondary N) is 1. The number of piperazine rings is 1. The molecular weight excluding hydrogens is 428 g/mol. The van der Waals surface area contributed by atoms with E-state index in [4.69, 9.17) is 0 Å². The molecule has 1 saturated heterocycles. The molecule has 33 heavy (non-hydrogen) atoms. The summed E-state index contributed by atoms with van der Waals surface area (Å²) in [6.07, 6.45) is 0. The summed E-state index contributed by atoms with van der Waals surface area (Å²) in [5.74, 6) is -1.33. The van der Waals surface area contributed by atoms with Crippen molar-refractivity contribution in [2.24, 2.45) is 0 Å². The monoisotopic (exact) mass is 453 g/mol. The van der Waals surface area contributed by atoms with Crippen molar-refractivity contribution < 1.29 is 13.6 Å². The Labute approximate surface area is 190 Å². The van der Waals surface area contributed by atoms with Gasteiger partial charge in [-0.25, -0.2) is 8.78 Å². The van der Waals surface area contributed by atoms with Crippen molar-refractivity contribution in [1.82, 2.24) is 20.0 Å². The molecule has 2 aromatic carbocycles.